The lowest BCUT2D eigenvalue weighted by Crippen LogP contribution is -2.11. The van der Waals surface area contributed by atoms with Crippen LogP contribution in [0.25, 0.3) is 88.4 Å². The molecule has 61 heavy (non-hydrogen) atoms. The number of alkyl halides is 6. The van der Waals surface area contributed by atoms with Crippen LogP contribution >= 0.6 is 0 Å². The van der Waals surface area contributed by atoms with Crippen molar-refractivity contribution in [3.63, 3.8) is 0 Å². The number of benzene rings is 8. The summed E-state index contributed by atoms with van der Waals surface area (Å²) in [4.78, 5) is 0. The summed E-state index contributed by atoms with van der Waals surface area (Å²) in [6, 6.07) is 51.9. The van der Waals surface area contributed by atoms with Gasteiger partial charge in [-0.05, 0) is 101 Å². The number of halogens is 6. The van der Waals surface area contributed by atoms with E-state index in [9.17, 15) is 31.6 Å². The predicted octanol–water partition coefficient (Wildman–Crippen LogP) is 15.1. The predicted molar refractivity (Wildman–Crippen MR) is 231 cm³/mol. The van der Waals surface area contributed by atoms with Gasteiger partial charge in [-0.15, -0.1) is 0 Å². The van der Waals surface area contributed by atoms with Crippen LogP contribution in [-0.2, 0) is 12.4 Å². The number of hydrogen-bond donors (Lipinski definition) is 0. The van der Waals surface area contributed by atoms with Gasteiger partial charge in [0.25, 0.3) is 0 Å². The van der Waals surface area contributed by atoms with E-state index in [0.29, 0.717) is 27.8 Å². The molecule has 296 valence electrons. The van der Waals surface area contributed by atoms with E-state index in [0.717, 1.165) is 61.5 Å². The zero-order valence-corrected chi connectivity index (χ0v) is 32.3. The Balaban J connectivity index is 1.31. The highest BCUT2D eigenvalue weighted by Crippen LogP contribution is 2.45. The van der Waals surface area contributed by atoms with Crippen molar-refractivity contribution in [2.45, 2.75) is 19.3 Å². The maximum absolute atomic E-state index is 14.5. The second-order valence-electron chi connectivity index (χ2n) is 15.2. The number of rotatable bonds is 5. The maximum Gasteiger partial charge on any atom is 0.416 e. The van der Waals surface area contributed by atoms with Gasteiger partial charge in [0.1, 0.15) is 6.07 Å². The van der Waals surface area contributed by atoms with Gasteiger partial charge in [0.05, 0.1) is 50.1 Å². The number of nitriles is 1. The van der Waals surface area contributed by atoms with Crippen LogP contribution in [0.3, 0.4) is 0 Å². The highest BCUT2D eigenvalue weighted by Gasteiger charge is 2.37. The van der Waals surface area contributed by atoms with Gasteiger partial charge < -0.3 is 9.13 Å². The van der Waals surface area contributed by atoms with E-state index in [2.05, 4.69) is 12.1 Å². The van der Waals surface area contributed by atoms with Crippen LogP contribution < -0.4 is 0 Å². The molecule has 0 bridgehead atoms. The van der Waals surface area contributed by atoms with E-state index in [1.54, 1.807) is 12.1 Å². The van der Waals surface area contributed by atoms with Crippen molar-refractivity contribution >= 4 is 43.6 Å². The Hall–Kier alpha value is -7.57. The quantitative estimate of drug-likeness (QED) is 0.159. The van der Waals surface area contributed by atoms with E-state index in [-0.39, 0.29) is 28.4 Å². The average Bonchev–Trinajstić information content (AvgIpc) is 3.78. The summed E-state index contributed by atoms with van der Waals surface area (Å²) in [6.07, 6.45) is -10.2. The summed E-state index contributed by atoms with van der Waals surface area (Å²) in [6.45, 7) is 2.01. The standard InChI is InChI=1S/C52H31F6N3/c1-31-15-17-33(18-16-31)35-20-21-47-43(26-35)40-11-5-7-13-45(40)60(47)49-29-42(36-23-38(51(53,54)55)28-39(24-36)52(56,57)58)50(27-37(49)30-59)61-46-14-8-6-12-41(46)44-25-34(19-22-48(44)61)32-9-3-2-4-10-32/h2-29H,1H3. The van der Waals surface area contributed by atoms with E-state index in [4.69, 9.17) is 0 Å². The van der Waals surface area contributed by atoms with E-state index in [1.807, 2.05) is 150 Å². The van der Waals surface area contributed by atoms with Crippen molar-refractivity contribution in [1.29, 1.82) is 5.26 Å². The Morgan fingerprint density at radius 3 is 1.39 bits per heavy atom. The topological polar surface area (TPSA) is 33.6 Å². The molecule has 0 saturated heterocycles. The third-order valence-electron chi connectivity index (χ3n) is 11.5. The van der Waals surface area contributed by atoms with Crippen LogP contribution in [-0.4, -0.2) is 9.13 Å². The van der Waals surface area contributed by atoms with Crippen LogP contribution in [0.5, 0.6) is 0 Å². The van der Waals surface area contributed by atoms with E-state index in [1.165, 1.54) is 0 Å². The third-order valence-corrected chi connectivity index (χ3v) is 11.5. The number of nitrogens with zero attached hydrogens (tertiary/aromatic N) is 3. The van der Waals surface area contributed by atoms with Crippen molar-refractivity contribution in [1.82, 2.24) is 9.13 Å². The van der Waals surface area contributed by atoms with Crippen molar-refractivity contribution in [3.8, 4) is 50.8 Å². The zero-order chi connectivity index (χ0) is 42.2. The molecule has 3 nitrogen and oxygen atoms in total. The molecule has 8 aromatic carbocycles. The first-order chi connectivity index (χ1) is 29.4. The van der Waals surface area contributed by atoms with E-state index < -0.39 is 23.5 Å². The molecule has 10 aromatic rings. The molecular weight excluding hydrogens is 781 g/mol. The highest BCUT2D eigenvalue weighted by molar-refractivity contribution is 6.12. The summed E-state index contributed by atoms with van der Waals surface area (Å²) in [7, 11) is 0. The summed E-state index contributed by atoms with van der Waals surface area (Å²) in [5.41, 5.74) is 5.29. The molecule has 0 aliphatic rings. The molecular formula is C52H31F6N3. The van der Waals surface area contributed by atoms with Gasteiger partial charge in [0.15, 0.2) is 0 Å². The molecule has 9 heteroatoms. The fourth-order valence-corrected chi connectivity index (χ4v) is 8.58. The lowest BCUT2D eigenvalue weighted by molar-refractivity contribution is -0.143. The van der Waals surface area contributed by atoms with Gasteiger partial charge in [0.2, 0.25) is 0 Å². The normalized spacial score (nSPS) is 12.2. The number of hydrogen-bond acceptors (Lipinski definition) is 1. The molecule has 0 saturated carbocycles. The summed E-state index contributed by atoms with van der Waals surface area (Å²) in [5.74, 6) is 0. The molecule has 0 amide bonds. The Morgan fingerprint density at radius 2 is 0.869 bits per heavy atom. The lowest BCUT2D eigenvalue weighted by atomic mass is 9.95. The largest absolute Gasteiger partial charge is 0.416 e. The molecule has 0 spiro atoms. The second-order valence-corrected chi connectivity index (χ2v) is 15.2. The summed E-state index contributed by atoms with van der Waals surface area (Å²) in [5, 5.41) is 14.3. The summed E-state index contributed by atoms with van der Waals surface area (Å²) < 4.78 is 91.0. The Labute approximate surface area is 345 Å². The third kappa shape index (κ3) is 6.39. The Bertz CT molecular complexity index is 3370. The van der Waals surface area contributed by atoms with Gasteiger partial charge in [-0.25, -0.2) is 0 Å². The van der Waals surface area contributed by atoms with Crippen molar-refractivity contribution in [2.24, 2.45) is 0 Å². The Kier molecular flexibility index (Phi) is 8.67. The zero-order valence-electron chi connectivity index (χ0n) is 32.3. The van der Waals surface area contributed by atoms with Crippen LogP contribution in [0.1, 0.15) is 22.3 Å². The maximum atomic E-state index is 14.5. The molecule has 10 rings (SSSR count). The minimum atomic E-state index is -5.09. The first-order valence-electron chi connectivity index (χ1n) is 19.4. The van der Waals surface area contributed by atoms with Gasteiger partial charge in [-0.3, -0.25) is 0 Å². The molecule has 2 aromatic heterocycles. The van der Waals surface area contributed by atoms with Crippen molar-refractivity contribution < 1.29 is 26.3 Å². The van der Waals surface area contributed by atoms with Crippen LogP contribution in [0.15, 0.2) is 170 Å². The molecule has 0 radical (unpaired) electrons. The van der Waals surface area contributed by atoms with Crippen molar-refractivity contribution in [3.05, 3.63) is 192 Å². The lowest BCUT2D eigenvalue weighted by Gasteiger charge is -2.20. The Morgan fingerprint density at radius 1 is 0.410 bits per heavy atom. The molecule has 0 N–H and O–H groups in total. The van der Waals surface area contributed by atoms with Crippen molar-refractivity contribution in [2.75, 3.05) is 0 Å². The highest BCUT2D eigenvalue weighted by atomic mass is 19.4. The monoisotopic (exact) mass is 811 g/mol. The fourth-order valence-electron chi connectivity index (χ4n) is 8.58. The van der Waals surface area contributed by atoms with Crippen LogP contribution in [0, 0.1) is 18.3 Å². The first kappa shape index (κ1) is 37.7. The molecule has 0 unspecified atom stereocenters. The van der Waals surface area contributed by atoms with Gasteiger partial charge in [0, 0.05) is 27.1 Å². The molecule has 0 atom stereocenters. The first-order valence-corrected chi connectivity index (χ1v) is 19.4. The summed E-state index contributed by atoms with van der Waals surface area (Å²) >= 11 is 0. The molecule has 0 aliphatic heterocycles. The SMILES string of the molecule is Cc1ccc(-c2ccc3c(c2)c2ccccc2n3-c2cc(-c3cc(C(F)(F)F)cc(C(F)(F)F)c3)c(-n3c4ccccc4c4cc(-c5ccccc5)ccc43)cc2C#N)cc1. The molecule has 0 aliphatic carbocycles. The number of fused-ring (bicyclic) bond motifs is 6. The number of aromatic nitrogens is 2. The molecule has 2 heterocycles. The smallest absolute Gasteiger partial charge is 0.309 e. The van der Waals surface area contributed by atoms with Gasteiger partial charge >= 0.3 is 12.4 Å². The second kappa shape index (κ2) is 14.0. The van der Waals surface area contributed by atoms with Gasteiger partial charge in [-0.1, -0.05) is 109 Å². The van der Waals surface area contributed by atoms with E-state index >= 15 is 0 Å². The minimum Gasteiger partial charge on any atom is -0.309 e. The van der Waals surface area contributed by atoms with Crippen LogP contribution in [0.4, 0.5) is 26.3 Å². The number of para-hydroxylation sites is 2. The van der Waals surface area contributed by atoms with Crippen LogP contribution in [0.2, 0.25) is 0 Å². The van der Waals surface area contributed by atoms with Gasteiger partial charge in [-0.2, -0.15) is 31.6 Å². The fraction of sp³-hybridized carbons (Fsp3) is 0.0577. The minimum absolute atomic E-state index is 0.0718. The number of aryl methyl sites for hydroxylation is 1. The average molecular weight is 812 g/mol. The molecule has 0 fully saturated rings.